The SMILES string of the molecule is Cc1occc1C(=O)NC(NP(=O)(N(C)C)N(C)C)C(Cl)(Cl)Cl. The Balaban J connectivity index is 3.05. The van der Waals surface area contributed by atoms with Gasteiger partial charge < -0.3 is 9.73 Å². The molecule has 0 fully saturated rings. The molecule has 23 heavy (non-hydrogen) atoms. The Hall–Kier alpha value is -0.270. The molecule has 1 aromatic rings. The van der Waals surface area contributed by atoms with Crippen molar-refractivity contribution in [3.63, 3.8) is 0 Å². The topological polar surface area (TPSA) is 77.8 Å². The van der Waals surface area contributed by atoms with Crippen molar-refractivity contribution in [1.29, 1.82) is 0 Å². The summed E-state index contributed by atoms with van der Waals surface area (Å²) in [5.41, 5.74) is 0.301. The number of aryl methyl sites for hydroxylation is 1. The summed E-state index contributed by atoms with van der Waals surface area (Å²) in [5.74, 6) is -0.0851. The highest BCUT2D eigenvalue weighted by molar-refractivity contribution is 7.56. The molecule has 0 aliphatic heterocycles. The maximum Gasteiger partial charge on any atom is 0.285 e. The van der Waals surface area contributed by atoms with Crippen LogP contribution in [0.1, 0.15) is 16.1 Å². The molecular formula is C12H20Cl3N4O3P. The molecule has 2 N–H and O–H groups in total. The molecule has 0 spiro atoms. The molecule has 132 valence electrons. The lowest BCUT2D eigenvalue weighted by Gasteiger charge is -2.36. The summed E-state index contributed by atoms with van der Waals surface area (Å²) in [6.07, 6.45) is 0.192. The maximum atomic E-state index is 13.0. The fourth-order valence-corrected chi connectivity index (χ4v) is 4.10. The van der Waals surface area contributed by atoms with Gasteiger partial charge in [-0.3, -0.25) is 9.36 Å². The second-order valence-electron chi connectivity index (χ2n) is 5.21. The monoisotopic (exact) mass is 404 g/mol. The molecule has 0 aliphatic rings. The summed E-state index contributed by atoms with van der Waals surface area (Å²) < 4.78 is 19.1. The highest BCUT2D eigenvalue weighted by Gasteiger charge is 2.41. The van der Waals surface area contributed by atoms with Gasteiger partial charge >= 0.3 is 0 Å². The molecule has 1 heterocycles. The normalized spacial score (nSPS) is 14.3. The lowest BCUT2D eigenvalue weighted by molar-refractivity contribution is 0.0933. The lowest BCUT2D eigenvalue weighted by Crippen LogP contribution is -2.54. The van der Waals surface area contributed by atoms with Gasteiger partial charge in [0.15, 0.2) is 0 Å². The third kappa shape index (κ3) is 5.10. The van der Waals surface area contributed by atoms with Gasteiger partial charge in [-0.15, -0.1) is 0 Å². The van der Waals surface area contributed by atoms with Crippen LogP contribution in [-0.4, -0.2) is 53.4 Å². The molecule has 0 saturated carbocycles. The number of hydrogen-bond donors (Lipinski definition) is 2. The van der Waals surface area contributed by atoms with Crippen molar-refractivity contribution in [2.45, 2.75) is 16.9 Å². The van der Waals surface area contributed by atoms with Crippen LogP contribution in [0.4, 0.5) is 0 Å². The summed E-state index contributed by atoms with van der Waals surface area (Å²) in [6, 6.07) is 1.50. The smallest absolute Gasteiger partial charge is 0.285 e. The van der Waals surface area contributed by atoms with Gasteiger partial charge in [-0.2, -0.15) is 0 Å². The maximum absolute atomic E-state index is 13.0. The first-order valence-corrected chi connectivity index (χ1v) is 9.29. The van der Waals surface area contributed by atoms with Crippen LogP contribution in [0.3, 0.4) is 0 Å². The van der Waals surface area contributed by atoms with Crippen LogP contribution in [0.2, 0.25) is 0 Å². The zero-order valence-electron chi connectivity index (χ0n) is 13.4. The molecule has 0 aliphatic carbocycles. The van der Waals surface area contributed by atoms with Crippen molar-refractivity contribution in [1.82, 2.24) is 19.7 Å². The van der Waals surface area contributed by atoms with Crippen LogP contribution in [0.15, 0.2) is 16.7 Å². The number of furan rings is 1. The standard InChI is InChI=1S/C12H20Cl3N4O3P/c1-8-9(6-7-22-8)10(20)16-11(12(13,14)15)17-23(21,18(2)3)19(4)5/h6-7,11H,1-5H3,(H,16,20)(H,17,21). The molecule has 1 amide bonds. The molecule has 1 rings (SSSR count). The molecule has 11 heteroatoms. The molecule has 7 nitrogen and oxygen atoms in total. The second kappa shape index (κ2) is 7.74. The third-order valence-electron chi connectivity index (χ3n) is 3.09. The molecule has 0 radical (unpaired) electrons. The minimum absolute atomic E-state index is 0.301. The molecule has 0 bridgehead atoms. The third-order valence-corrected chi connectivity index (χ3v) is 6.51. The van der Waals surface area contributed by atoms with Gasteiger partial charge in [-0.25, -0.2) is 14.4 Å². The number of alkyl halides is 3. The van der Waals surface area contributed by atoms with Crippen molar-refractivity contribution < 1.29 is 13.8 Å². The summed E-state index contributed by atoms with van der Waals surface area (Å²) >= 11 is 17.8. The van der Waals surface area contributed by atoms with Crippen LogP contribution >= 0.6 is 42.4 Å². The first kappa shape index (κ1) is 20.8. The number of halogens is 3. The predicted octanol–water partition coefficient (Wildman–Crippen LogP) is 2.84. The van der Waals surface area contributed by atoms with E-state index in [2.05, 4.69) is 10.4 Å². The minimum Gasteiger partial charge on any atom is -0.469 e. The number of hydrogen-bond acceptors (Lipinski definition) is 3. The average Bonchev–Trinajstić information content (AvgIpc) is 2.82. The van der Waals surface area contributed by atoms with Gasteiger partial charge in [-0.05, 0) is 41.2 Å². The Bertz CT molecular complexity index is 589. The zero-order chi connectivity index (χ0) is 18.0. The first-order chi connectivity index (χ1) is 10.4. The van der Waals surface area contributed by atoms with E-state index in [0.717, 1.165) is 0 Å². The number of nitrogens with one attached hydrogen (secondary N) is 2. The fraction of sp³-hybridized carbons (Fsp3) is 0.583. The Morgan fingerprint density at radius 2 is 1.78 bits per heavy atom. The number of nitrogens with zero attached hydrogens (tertiary/aromatic N) is 2. The summed E-state index contributed by atoms with van der Waals surface area (Å²) in [7, 11) is 3.23. The molecule has 1 aromatic heterocycles. The van der Waals surface area contributed by atoms with E-state index >= 15 is 0 Å². The first-order valence-electron chi connectivity index (χ1n) is 6.54. The Kier molecular flexibility index (Phi) is 6.99. The van der Waals surface area contributed by atoms with Crippen molar-refractivity contribution in [3.05, 3.63) is 23.7 Å². The second-order valence-corrected chi connectivity index (χ2v) is 10.5. The fourth-order valence-electron chi connectivity index (χ4n) is 1.77. The van der Waals surface area contributed by atoms with Gasteiger partial charge in [0, 0.05) is 0 Å². The van der Waals surface area contributed by atoms with Crippen molar-refractivity contribution in [3.8, 4) is 0 Å². The molecule has 1 atom stereocenters. The van der Waals surface area contributed by atoms with E-state index in [-0.39, 0.29) is 0 Å². The minimum atomic E-state index is -3.24. The van der Waals surface area contributed by atoms with Crippen LogP contribution < -0.4 is 10.4 Å². The van der Waals surface area contributed by atoms with Gasteiger partial charge in [0.2, 0.25) is 3.79 Å². The largest absolute Gasteiger partial charge is 0.469 e. The molecule has 0 saturated heterocycles. The Morgan fingerprint density at radius 3 is 2.13 bits per heavy atom. The van der Waals surface area contributed by atoms with Crippen LogP contribution in [-0.2, 0) is 4.57 Å². The van der Waals surface area contributed by atoms with Gasteiger partial charge in [0.1, 0.15) is 11.9 Å². The van der Waals surface area contributed by atoms with Crippen molar-refractivity contribution in [2.24, 2.45) is 0 Å². The van der Waals surface area contributed by atoms with E-state index in [1.807, 2.05) is 0 Å². The van der Waals surface area contributed by atoms with Gasteiger partial charge in [-0.1, -0.05) is 34.8 Å². The summed E-state index contributed by atoms with van der Waals surface area (Å²) in [6.45, 7) is 1.64. The van der Waals surface area contributed by atoms with Crippen molar-refractivity contribution >= 4 is 48.3 Å². The lowest BCUT2D eigenvalue weighted by atomic mass is 10.2. The number of rotatable bonds is 6. The van der Waals surface area contributed by atoms with E-state index < -0.39 is 23.5 Å². The summed E-state index contributed by atoms with van der Waals surface area (Å²) in [5, 5.41) is 5.26. The van der Waals surface area contributed by atoms with E-state index in [1.54, 1.807) is 35.1 Å². The Labute approximate surface area is 150 Å². The number of carbonyl (C=O) groups is 1. The molecular weight excluding hydrogens is 385 g/mol. The highest BCUT2D eigenvalue weighted by atomic mass is 35.6. The van der Waals surface area contributed by atoms with E-state index in [0.29, 0.717) is 11.3 Å². The van der Waals surface area contributed by atoms with E-state index in [1.165, 1.54) is 21.7 Å². The van der Waals surface area contributed by atoms with E-state index in [4.69, 9.17) is 39.2 Å². The zero-order valence-corrected chi connectivity index (χ0v) is 16.6. The van der Waals surface area contributed by atoms with Gasteiger partial charge in [0.05, 0.1) is 11.8 Å². The predicted molar refractivity (Wildman–Crippen MR) is 93.1 cm³/mol. The van der Waals surface area contributed by atoms with E-state index in [9.17, 15) is 9.36 Å². The number of amides is 1. The quantitative estimate of drug-likeness (QED) is 0.430. The van der Waals surface area contributed by atoms with Crippen LogP contribution in [0.5, 0.6) is 0 Å². The van der Waals surface area contributed by atoms with Gasteiger partial charge in [0.25, 0.3) is 13.5 Å². The average molecular weight is 406 g/mol. The van der Waals surface area contributed by atoms with Crippen LogP contribution in [0.25, 0.3) is 0 Å². The highest BCUT2D eigenvalue weighted by Crippen LogP contribution is 2.47. The summed E-state index contributed by atoms with van der Waals surface area (Å²) in [4.78, 5) is 12.3. The Morgan fingerprint density at radius 1 is 1.26 bits per heavy atom. The van der Waals surface area contributed by atoms with Crippen molar-refractivity contribution in [2.75, 3.05) is 28.2 Å². The number of carbonyl (C=O) groups excluding carboxylic acids is 1. The van der Waals surface area contributed by atoms with Crippen LogP contribution in [0, 0.1) is 6.92 Å². The molecule has 1 unspecified atom stereocenters. The molecule has 0 aromatic carbocycles.